The van der Waals surface area contributed by atoms with Crippen LogP contribution in [0, 0.1) is 5.92 Å². The molecule has 3 atom stereocenters. The summed E-state index contributed by atoms with van der Waals surface area (Å²) in [6, 6.07) is 7.77. The van der Waals surface area contributed by atoms with Crippen LogP contribution in [0.4, 0.5) is 0 Å². The van der Waals surface area contributed by atoms with Gasteiger partial charge in [0.2, 0.25) is 5.91 Å². The quantitative estimate of drug-likeness (QED) is 0.896. The largest absolute Gasteiger partial charge is 0.480 e. The highest BCUT2D eigenvalue weighted by atomic mass is 32.2. The number of aliphatic carboxylic acids is 1. The van der Waals surface area contributed by atoms with E-state index in [1.807, 2.05) is 0 Å². The van der Waals surface area contributed by atoms with E-state index in [0.29, 0.717) is 11.7 Å². The Bertz CT molecular complexity index is 570. The number of nitrogens with zero attached hydrogens (tertiary/aromatic N) is 1. The molecule has 1 saturated heterocycles. The molecule has 2 unspecified atom stereocenters. The first-order valence-corrected chi connectivity index (χ1v) is 9.08. The molecule has 4 nitrogen and oxygen atoms in total. The zero-order valence-corrected chi connectivity index (χ0v) is 15.0. The molecule has 126 valence electrons. The van der Waals surface area contributed by atoms with Crippen molar-refractivity contribution >= 4 is 23.6 Å². The number of amides is 1. The second-order valence-electron chi connectivity index (χ2n) is 6.63. The second-order valence-corrected chi connectivity index (χ2v) is 7.78. The molecule has 1 heterocycles. The number of rotatable bonds is 5. The van der Waals surface area contributed by atoms with Crippen LogP contribution in [0.15, 0.2) is 24.3 Å². The average molecular weight is 335 g/mol. The average Bonchev–Trinajstić information content (AvgIpc) is 2.92. The fourth-order valence-electron chi connectivity index (χ4n) is 3.10. The van der Waals surface area contributed by atoms with Gasteiger partial charge in [-0.15, -0.1) is 11.8 Å². The van der Waals surface area contributed by atoms with Crippen LogP contribution in [0.25, 0.3) is 0 Å². The van der Waals surface area contributed by atoms with E-state index < -0.39 is 12.0 Å². The summed E-state index contributed by atoms with van der Waals surface area (Å²) in [4.78, 5) is 24.8. The lowest BCUT2D eigenvalue weighted by atomic mass is 9.96. The molecule has 0 spiro atoms. The summed E-state index contributed by atoms with van der Waals surface area (Å²) in [5.41, 5.74) is 2.45. The third kappa shape index (κ3) is 4.08. The molecule has 0 radical (unpaired) electrons. The number of thioether (sulfide) groups is 1. The Morgan fingerprint density at radius 3 is 2.35 bits per heavy atom. The van der Waals surface area contributed by atoms with Gasteiger partial charge in [0.1, 0.15) is 6.04 Å². The van der Waals surface area contributed by atoms with Crippen LogP contribution in [-0.4, -0.2) is 39.1 Å². The molecule has 1 amide bonds. The molecule has 0 aromatic heterocycles. The molecule has 5 heteroatoms. The van der Waals surface area contributed by atoms with Gasteiger partial charge in [-0.05, 0) is 23.5 Å². The van der Waals surface area contributed by atoms with E-state index in [4.69, 9.17) is 0 Å². The van der Waals surface area contributed by atoms with Crippen LogP contribution >= 0.6 is 11.8 Å². The van der Waals surface area contributed by atoms with E-state index in [2.05, 4.69) is 45.0 Å². The number of hydrogen-bond donors (Lipinski definition) is 1. The van der Waals surface area contributed by atoms with Gasteiger partial charge in [-0.2, -0.15) is 0 Å². The van der Waals surface area contributed by atoms with Crippen LogP contribution in [0.3, 0.4) is 0 Å². The van der Waals surface area contributed by atoms with E-state index in [1.54, 1.807) is 11.8 Å². The normalized spacial score (nSPS) is 22.4. The van der Waals surface area contributed by atoms with Crippen molar-refractivity contribution in [3.8, 4) is 0 Å². The molecular formula is C18H25NO3S. The minimum absolute atomic E-state index is 0.0985. The Balaban J connectivity index is 2.17. The maximum atomic E-state index is 11.9. The van der Waals surface area contributed by atoms with Gasteiger partial charge in [0, 0.05) is 18.6 Å². The first-order chi connectivity index (χ1) is 10.8. The standard InChI is InChI=1S/C18H25NO3S/c1-11(2)9-14-5-7-15(8-6-14)12(3)17-19(13(4)20)16(10-23-17)18(21)22/h5-8,11-12,16-17H,9-10H2,1-4H3,(H,21,22)/t12-,16?,17?/m0/s1. The topological polar surface area (TPSA) is 57.6 Å². The number of carboxylic acid groups (broad SMARTS) is 1. The molecule has 0 bridgehead atoms. The first kappa shape index (κ1) is 17.9. The highest BCUT2D eigenvalue weighted by Crippen LogP contribution is 2.38. The molecule has 1 aromatic carbocycles. The maximum Gasteiger partial charge on any atom is 0.327 e. The number of carbonyl (C=O) groups excluding carboxylic acids is 1. The predicted octanol–water partition coefficient (Wildman–Crippen LogP) is 3.36. The summed E-state index contributed by atoms with van der Waals surface area (Å²) in [6.45, 7) is 7.91. The van der Waals surface area contributed by atoms with Crippen LogP contribution < -0.4 is 0 Å². The lowest BCUT2D eigenvalue weighted by Gasteiger charge is -2.30. The molecular weight excluding hydrogens is 310 g/mol. The highest BCUT2D eigenvalue weighted by Gasteiger charge is 2.42. The van der Waals surface area contributed by atoms with Gasteiger partial charge in [0.25, 0.3) is 0 Å². The van der Waals surface area contributed by atoms with Gasteiger partial charge in [0.15, 0.2) is 0 Å². The molecule has 1 aliphatic rings. The molecule has 1 N–H and O–H groups in total. The van der Waals surface area contributed by atoms with Crippen molar-refractivity contribution in [1.29, 1.82) is 0 Å². The number of hydrogen-bond acceptors (Lipinski definition) is 3. The van der Waals surface area contributed by atoms with E-state index >= 15 is 0 Å². The Labute approximate surface area is 142 Å². The second kappa shape index (κ2) is 7.39. The van der Waals surface area contributed by atoms with Crippen LogP contribution in [0.5, 0.6) is 0 Å². The summed E-state index contributed by atoms with van der Waals surface area (Å²) in [5, 5.41) is 9.19. The van der Waals surface area contributed by atoms with Crippen molar-refractivity contribution in [3.63, 3.8) is 0 Å². The minimum atomic E-state index is -0.922. The predicted molar refractivity (Wildman–Crippen MR) is 93.6 cm³/mol. The number of carbonyl (C=O) groups is 2. The van der Waals surface area contributed by atoms with E-state index in [0.717, 1.165) is 12.0 Å². The van der Waals surface area contributed by atoms with Crippen LogP contribution in [0.1, 0.15) is 44.7 Å². The smallest absolute Gasteiger partial charge is 0.327 e. The molecule has 1 fully saturated rings. The molecule has 0 saturated carbocycles. The molecule has 23 heavy (non-hydrogen) atoms. The third-order valence-electron chi connectivity index (χ3n) is 4.26. The van der Waals surface area contributed by atoms with Crippen LogP contribution in [0.2, 0.25) is 0 Å². The van der Waals surface area contributed by atoms with E-state index in [1.165, 1.54) is 17.4 Å². The van der Waals surface area contributed by atoms with Crippen molar-refractivity contribution in [3.05, 3.63) is 35.4 Å². The van der Waals surface area contributed by atoms with E-state index in [9.17, 15) is 14.7 Å². The van der Waals surface area contributed by atoms with Crippen molar-refractivity contribution in [2.45, 2.75) is 51.4 Å². The third-order valence-corrected chi connectivity index (χ3v) is 5.75. The lowest BCUT2D eigenvalue weighted by Crippen LogP contribution is -2.46. The minimum Gasteiger partial charge on any atom is -0.480 e. The summed E-state index contributed by atoms with van der Waals surface area (Å²) in [7, 11) is 0. The van der Waals surface area contributed by atoms with Gasteiger partial charge < -0.3 is 10.0 Å². The number of benzene rings is 1. The fourth-order valence-corrected chi connectivity index (χ4v) is 4.68. The van der Waals surface area contributed by atoms with Gasteiger partial charge in [-0.3, -0.25) is 4.79 Å². The monoisotopic (exact) mass is 335 g/mol. The summed E-state index contributed by atoms with van der Waals surface area (Å²) < 4.78 is 0. The Morgan fingerprint density at radius 1 is 1.26 bits per heavy atom. The first-order valence-electron chi connectivity index (χ1n) is 8.03. The summed E-state index contributed by atoms with van der Waals surface area (Å²) in [5.74, 6) is 0.0786. The molecule has 1 aliphatic heterocycles. The zero-order chi connectivity index (χ0) is 17.1. The van der Waals surface area contributed by atoms with Gasteiger partial charge >= 0.3 is 5.97 Å². The molecule has 0 aliphatic carbocycles. The van der Waals surface area contributed by atoms with Crippen molar-refractivity contribution < 1.29 is 14.7 Å². The number of carboxylic acids is 1. The fraction of sp³-hybridized carbons (Fsp3) is 0.556. The Hall–Kier alpha value is -1.49. The molecule has 2 rings (SSSR count). The van der Waals surface area contributed by atoms with Gasteiger partial charge in [-0.25, -0.2) is 4.79 Å². The van der Waals surface area contributed by atoms with Crippen molar-refractivity contribution in [1.82, 2.24) is 4.90 Å². The van der Waals surface area contributed by atoms with Gasteiger partial charge in [0.05, 0.1) is 5.37 Å². The van der Waals surface area contributed by atoms with Crippen molar-refractivity contribution in [2.24, 2.45) is 5.92 Å². The SMILES string of the molecule is CC(=O)N1C(C(=O)O)CSC1[C@@H](C)c1ccc(CC(C)C)cc1. The van der Waals surface area contributed by atoms with Gasteiger partial charge in [-0.1, -0.05) is 45.0 Å². The summed E-state index contributed by atoms with van der Waals surface area (Å²) >= 11 is 1.56. The van der Waals surface area contributed by atoms with Crippen molar-refractivity contribution in [2.75, 3.05) is 5.75 Å². The lowest BCUT2D eigenvalue weighted by molar-refractivity contribution is -0.148. The van der Waals surface area contributed by atoms with E-state index in [-0.39, 0.29) is 17.2 Å². The Morgan fingerprint density at radius 2 is 1.87 bits per heavy atom. The summed E-state index contributed by atoms with van der Waals surface area (Å²) in [6.07, 6.45) is 1.05. The molecule has 1 aromatic rings. The zero-order valence-electron chi connectivity index (χ0n) is 14.2. The highest BCUT2D eigenvalue weighted by molar-refractivity contribution is 8.00. The Kier molecular flexibility index (Phi) is 5.74. The van der Waals surface area contributed by atoms with Crippen LogP contribution in [-0.2, 0) is 16.0 Å². The maximum absolute atomic E-state index is 11.9.